The van der Waals surface area contributed by atoms with E-state index in [0.717, 1.165) is 21.1 Å². The topological polar surface area (TPSA) is 24.7 Å². The highest BCUT2D eigenvalue weighted by Crippen LogP contribution is 2.25. The number of benzene rings is 2. The summed E-state index contributed by atoms with van der Waals surface area (Å²) in [5, 5.41) is 0. The summed E-state index contributed by atoms with van der Waals surface area (Å²) in [4.78, 5) is 11.6. The van der Waals surface area contributed by atoms with Crippen molar-refractivity contribution in [2.24, 2.45) is 9.98 Å². The minimum Gasteiger partial charge on any atom is -0.255 e. The zero-order valence-electron chi connectivity index (χ0n) is 15.1. The van der Waals surface area contributed by atoms with Crippen LogP contribution in [0.2, 0.25) is 0 Å². The number of aryl methyl sites for hydroxylation is 4. The summed E-state index contributed by atoms with van der Waals surface area (Å²) in [6, 6.07) is 16.7. The number of rotatable bonds is 4. The van der Waals surface area contributed by atoms with Crippen molar-refractivity contribution in [3.8, 4) is 0 Å². The molecule has 1 heterocycles. The van der Waals surface area contributed by atoms with Gasteiger partial charge in [-0.25, -0.2) is 0 Å². The van der Waals surface area contributed by atoms with Gasteiger partial charge in [-0.05, 0) is 62.1 Å². The molecule has 0 amide bonds. The molecule has 0 N–H and O–H groups in total. The smallest absolute Gasteiger partial charge is 0.0688 e. The molecule has 25 heavy (non-hydrogen) atoms. The summed E-state index contributed by atoms with van der Waals surface area (Å²) in [5.74, 6) is 0. The number of aliphatic imine (C=N–C) groups is 2. The molecule has 2 aromatic carbocycles. The van der Waals surface area contributed by atoms with Crippen LogP contribution in [-0.2, 0) is 0 Å². The van der Waals surface area contributed by atoms with E-state index in [4.69, 9.17) is 0 Å². The zero-order valence-corrected chi connectivity index (χ0v) is 15.9. The largest absolute Gasteiger partial charge is 0.255 e. The van der Waals surface area contributed by atoms with Gasteiger partial charge in [-0.3, -0.25) is 9.98 Å². The van der Waals surface area contributed by atoms with E-state index in [9.17, 15) is 0 Å². The molecule has 3 aromatic rings. The standard InChI is InChI=1S/C22H22N2S/c1-15-7-5-8-16(2)21(15)23-13-19-11-12-20(25-19)14-24-22-17(3)9-6-10-18(22)4/h5-14H,1-4H3. The first-order valence-corrected chi connectivity index (χ1v) is 9.16. The molecule has 3 heteroatoms. The Kier molecular flexibility index (Phi) is 5.25. The maximum atomic E-state index is 4.68. The van der Waals surface area contributed by atoms with Crippen LogP contribution in [0.3, 0.4) is 0 Å². The lowest BCUT2D eigenvalue weighted by molar-refractivity contribution is 1.33. The molecule has 0 bridgehead atoms. The van der Waals surface area contributed by atoms with Crippen molar-refractivity contribution >= 4 is 35.1 Å². The predicted molar refractivity (Wildman–Crippen MR) is 111 cm³/mol. The molecule has 0 spiro atoms. The van der Waals surface area contributed by atoms with Crippen LogP contribution in [-0.4, -0.2) is 12.4 Å². The second-order valence-electron chi connectivity index (χ2n) is 6.24. The Morgan fingerprint density at radius 3 is 1.32 bits per heavy atom. The molecule has 0 fully saturated rings. The molecule has 3 rings (SSSR count). The van der Waals surface area contributed by atoms with E-state index in [-0.39, 0.29) is 0 Å². The molecule has 0 unspecified atom stereocenters. The van der Waals surface area contributed by atoms with Crippen molar-refractivity contribution < 1.29 is 0 Å². The van der Waals surface area contributed by atoms with Crippen molar-refractivity contribution in [2.75, 3.05) is 0 Å². The Balaban J connectivity index is 1.79. The second kappa shape index (κ2) is 7.58. The van der Waals surface area contributed by atoms with Crippen molar-refractivity contribution in [3.63, 3.8) is 0 Å². The van der Waals surface area contributed by atoms with Crippen molar-refractivity contribution in [1.29, 1.82) is 0 Å². The highest BCUT2D eigenvalue weighted by atomic mass is 32.1. The molecule has 2 nitrogen and oxygen atoms in total. The number of para-hydroxylation sites is 2. The van der Waals surface area contributed by atoms with Gasteiger partial charge < -0.3 is 0 Å². The fraction of sp³-hybridized carbons (Fsp3) is 0.182. The van der Waals surface area contributed by atoms with Gasteiger partial charge in [0.05, 0.1) is 11.4 Å². The number of nitrogens with zero attached hydrogens (tertiary/aromatic N) is 2. The van der Waals surface area contributed by atoms with Gasteiger partial charge in [0.25, 0.3) is 0 Å². The fourth-order valence-corrected chi connectivity index (χ4v) is 3.54. The van der Waals surface area contributed by atoms with E-state index in [1.54, 1.807) is 11.3 Å². The fourth-order valence-electron chi connectivity index (χ4n) is 2.78. The summed E-state index contributed by atoms with van der Waals surface area (Å²) < 4.78 is 0. The van der Waals surface area contributed by atoms with Gasteiger partial charge in [0.15, 0.2) is 0 Å². The Labute approximate surface area is 153 Å². The predicted octanol–water partition coefficient (Wildman–Crippen LogP) is 6.48. The third-order valence-electron chi connectivity index (χ3n) is 4.17. The lowest BCUT2D eigenvalue weighted by atomic mass is 10.1. The first-order chi connectivity index (χ1) is 12.0. The average molecular weight is 346 g/mol. The second-order valence-corrected chi connectivity index (χ2v) is 7.38. The van der Waals surface area contributed by atoms with Crippen LogP contribution in [0.15, 0.2) is 58.5 Å². The zero-order chi connectivity index (χ0) is 17.8. The third-order valence-corrected chi connectivity index (χ3v) is 5.12. The van der Waals surface area contributed by atoms with Gasteiger partial charge in [-0.15, -0.1) is 11.3 Å². The van der Waals surface area contributed by atoms with Crippen LogP contribution < -0.4 is 0 Å². The maximum Gasteiger partial charge on any atom is 0.0688 e. The Bertz CT molecular complexity index is 832. The van der Waals surface area contributed by atoms with Crippen molar-refractivity contribution in [1.82, 2.24) is 0 Å². The summed E-state index contributed by atoms with van der Waals surface area (Å²) >= 11 is 1.70. The van der Waals surface area contributed by atoms with Crippen LogP contribution in [0.25, 0.3) is 0 Å². The SMILES string of the molecule is Cc1cccc(C)c1N=Cc1ccc(C=Nc2c(C)cccc2C)s1. The Morgan fingerprint density at radius 2 is 0.960 bits per heavy atom. The summed E-state index contributed by atoms with van der Waals surface area (Å²) in [6.45, 7) is 8.38. The van der Waals surface area contributed by atoms with Crippen molar-refractivity contribution in [3.05, 3.63) is 80.5 Å². The van der Waals surface area contributed by atoms with Crippen LogP contribution in [0.4, 0.5) is 11.4 Å². The highest BCUT2D eigenvalue weighted by molar-refractivity contribution is 7.15. The van der Waals surface area contributed by atoms with Crippen LogP contribution >= 0.6 is 11.3 Å². The molecule has 126 valence electrons. The van der Waals surface area contributed by atoms with Crippen molar-refractivity contribution in [2.45, 2.75) is 27.7 Å². The Hall–Kier alpha value is -2.52. The van der Waals surface area contributed by atoms with E-state index in [0.29, 0.717) is 0 Å². The van der Waals surface area contributed by atoms with Crippen LogP contribution in [0.5, 0.6) is 0 Å². The Morgan fingerprint density at radius 1 is 0.600 bits per heavy atom. The first-order valence-electron chi connectivity index (χ1n) is 8.35. The van der Waals surface area contributed by atoms with Gasteiger partial charge in [0, 0.05) is 22.2 Å². The quantitative estimate of drug-likeness (QED) is 0.483. The van der Waals surface area contributed by atoms with Gasteiger partial charge in [-0.2, -0.15) is 0 Å². The van der Waals surface area contributed by atoms with Crippen LogP contribution in [0, 0.1) is 27.7 Å². The van der Waals surface area contributed by atoms with Gasteiger partial charge in [0.2, 0.25) is 0 Å². The lowest BCUT2D eigenvalue weighted by Crippen LogP contribution is -1.81. The summed E-state index contributed by atoms with van der Waals surface area (Å²) in [7, 11) is 0. The molecular formula is C22H22N2S. The van der Waals surface area contributed by atoms with E-state index in [1.807, 2.05) is 12.4 Å². The van der Waals surface area contributed by atoms with E-state index in [1.165, 1.54) is 22.3 Å². The van der Waals surface area contributed by atoms with Gasteiger partial charge in [-0.1, -0.05) is 36.4 Å². The molecule has 0 aliphatic rings. The molecule has 1 aromatic heterocycles. The molecule has 0 aliphatic carbocycles. The minimum atomic E-state index is 1.06. The number of hydrogen-bond donors (Lipinski definition) is 0. The monoisotopic (exact) mass is 346 g/mol. The maximum absolute atomic E-state index is 4.68. The molecule has 0 saturated heterocycles. The van der Waals surface area contributed by atoms with Crippen LogP contribution in [0.1, 0.15) is 32.0 Å². The van der Waals surface area contributed by atoms with E-state index in [2.05, 4.69) is 86.2 Å². The summed E-state index contributed by atoms with van der Waals surface area (Å²) in [6.07, 6.45) is 3.88. The highest BCUT2D eigenvalue weighted by Gasteiger charge is 2.02. The van der Waals surface area contributed by atoms with E-state index >= 15 is 0 Å². The molecule has 0 atom stereocenters. The molecular weight excluding hydrogens is 324 g/mol. The van der Waals surface area contributed by atoms with E-state index < -0.39 is 0 Å². The third kappa shape index (κ3) is 4.12. The lowest BCUT2D eigenvalue weighted by Gasteiger charge is -2.03. The summed E-state index contributed by atoms with van der Waals surface area (Å²) in [5.41, 5.74) is 6.91. The van der Waals surface area contributed by atoms with Gasteiger partial charge in [0.1, 0.15) is 0 Å². The molecule has 0 saturated carbocycles. The minimum absolute atomic E-state index is 1.06. The first kappa shape index (κ1) is 17.3. The number of hydrogen-bond acceptors (Lipinski definition) is 3. The molecule has 0 radical (unpaired) electrons. The van der Waals surface area contributed by atoms with Gasteiger partial charge >= 0.3 is 0 Å². The average Bonchev–Trinajstić information content (AvgIpc) is 3.02. The number of thiophene rings is 1. The normalized spacial score (nSPS) is 11.7. The molecule has 0 aliphatic heterocycles.